The lowest BCUT2D eigenvalue weighted by atomic mass is 9.84. The summed E-state index contributed by atoms with van der Waals surface area (Å²) in [6, 6.07) is 9.10. The average Bonchev–Trinajstić information content (AvgIpc) is 3.12. The van der Waals surface area contributed by atoms with Crippen LogP contribution < -0.4 is 10.1 Å². The number of nitrogens with one attached hydrogen (secondary N) is 1. The van der Waals surface area contributed by atoms with Crippen LogP contribution in [-0.2, 0) is 13.1 Å². The molecule has 164 valence electrons. The lowest BCUT2D eigenvalue weighted by Gasteiger charge is -2.33. The fourth-order valence-corrected chi connectivity index (χ4v) is 4.99. The van der Waals surface area contributed by atoms with Crippen LogP contribution >= 0.6 is 0 Å². The van der Waals surface area contributed by atoms with Crippen molar-refractivity contribution >= 4 is 16.9 Å². The number of aromatic nitrogens is 1. The van der Waals surface area contributed by atoms with E-state index in [9.17, 15) is 4.79 Å². The van der Waals surface area contributed by atoms with E-state index in [1.54, 1.807) is 19.0 Å². The van der Waals surface area contributed by atoms with Crippen molar-refractivity contribution in [3.8, 4) is 5.75 Å². The molecule has 1 aliphatic carbocycles. The van der Waals surface area contributed by atoms with E-state index < -0.39 is 0 Å². The second kappa shape index (κ2) is 9.29. The Morgan fingerprint density at radius 1 is 1.20 bits per heavy atom. The Morgan fingerprint density at radius 2 is 2.00 bits per heavy atom. The van der Waals surface area contributed by atoms with E-state index in [2.05, 4.69) is 39.0 Å². The van der Waals surface area contributed by atoms with Gasteiger partial charge in [0, 0.05) is 50.9 Å². The largest absolute Gasteiger partial charge is 0.493 e. The van der Waals surface area contributed by atoms with Gasteiger partial charge < -0.3 is 19.5 Å². The van der Waals surface area contributed by atoms with Crippen molar-refractivity contribution in [1.82, 2.24) is 19.7 Å². The quantitative estimate of drug-likeness (QED) is 0.778. The van der Waals surface area contributed by atoms with Gasteiger partial charge in [-0.3, -0.25) is 4.90 Å². The first-order valence-electron chi connectivity index (χ1n) is 11.5. The van der Waals surface area contributed by atoms with Crippen LogP contribution in [-0.4, -0.2) is 60.2 Å². The highest BCUT2D eigenvalue weighted by molar-refractivity contribution is 5.87. The van der Waals surface area contributed by atoms with Crippen molar-refractivity contribution in [1.29, 1.82) is 0 Å². The minimum atomic E-state index is 0.0367. The Bertz CT molecular complexity index is 867. The highest BCUT2D eigenvalue weighted by Crippen LogP contribution is 2.32. The Kier molecular flexibility index (Phi) is 6.52. The maximum Gasteiger partial charge on any atom is 0.317 e. The van der Waals surface area contributed by atoms with Gasteiger partial charge in [-0.25, -0.2) is 4.79 Å². The van der Waals surface area contributed by atoms with Crippen LogP contribution in [0.2, 0.25) is 0 Å². The summed E-state index contributed by atoms with van der Waals surface area (Å²) < 4.78 is 8.31. The molecular formula is C24H36N4O2. The van der Waals surface area contributed by atoms with Gasteiger partial charge in [0.2, 0.25) is 0 Å². The first kappa shape index (κ1) is 21.0. The first-order chi connectivity index (χ1) is 14.5. The van der Waals surface area contributed by atoms with Gasteiger partial charge in [0.25, 0.3) is 0 Å². The number of hydrogen-bond donors (Lipinski definition) is 1. The zero-order valence-corrected chi connectivity index (χ0v) is 18.7. The Hall–Kier alpha value is -2.21. The number of amides is 2. The van der Waals surface area contributed by atoms with E-state index in [0.29, 0.717) is 12.6 Å². The molecule has 2 heterocycles. The second-order valence-corrected chi connectivity index (χ2v) is 9.04. The van der Waals surface area contributed by atoms with Crippen molar-refractivity contribution in [3.63, 3.8) is 0 Å². The molecule has 0 unspecified atom stereocenters. The normalized spacial score (nSPS) is 22.0. The van der Waals surface area contributed by atoms with E-state index in [0.717, 1.165) is 44.1 Å². The molecular weight excluding hydrogens is 376 g/mol. The van der Waals surface area contributed by atoms with Crippen LogP contribution in [0, 0.1) is 5.92 Å². The monoisotopic (exact) mass is 412 g/mol. The summed E-state index contributed by atoms with van der Waals surface area (Å²) in [4.78, 5) is 16.1. The summed E-state index contributed by atoms with van der Waals surface area (Å²) in [6.07, 6.45) is 5.94. The highest BCUT2D eigenvalue weighted by Gasteiger charge is 2.25. The standard InChI is InChI=1S/C24H36N4O2/c1-4-30-23-7-5-6-22-21(23)16-20-17-27(14-15-28(20)22)13-12-18-8-10-19(11-9-18)25-24(29)26(2)3/h5-7,16,18-19H,4,8-15,17H2,1-3H3,(H,25,29)/t18-,19-. The molecule has 0 saturated heterocycles. The predicted molar refractivity (Wildman–Crippen MR) is 121 cm³/mol. The smallest absolute Gasteiger partial charge is 0.317 e. The molecule has 30 heavy (non-hydrogen) atoms. The van der Waals surface area contributed by atoms with E-state index in [1.807, 2.05) is 6.92 Å². The van der Waals surface area contributed by atoms with Crippen LogP contribution in [0.4, 0.5) is 4.79 Å². The van der Waals surface area contributed by atoms with Crippen LogP contribution in [0.15, 0.2) is 24.3 Å². The number of benzene rings is 1. The third-order valence-corrected chi connectivity index (χ3v) is 6.75. The van der Waals surface area contributed by atoms with Crippen molar-refractivity contribution in [2.45, 2.75) is 58.2 Å². The van der Waals surface area contributed by atoms with Crippen molar-refractivity contribution < 1.29 is 9.53 Å². The Morgan fingerprint density at radius 3 is 2.73 bits per heavy atom. The first-order valence-corrected chi connectivity index (χ1v) is 11.5. The zero-order valence-electron chi connectivity index (χ0n) is 18.7. The van der Waals surface area contributed by atoms with Gasteiger partial charge in [-0.05, 0) is 69.7 Å². The van der Waals surface area contributed by atoms with Crippen LogP contribution in [0.5, 0.6) is 5.75 Å². The predicted octanol–water partition coefficient (Wildman–Crippen LogP) is 4.08. The van der Waals surface area contributed by atoms with E-state index in [4.69, 9.17) is 4.74 Å². The van der Waals surface area contributed by atoms with Crippen molar-refractivity contribution in [2.24, 2.45) is 5.92 Å². The molecule has 1 aliphatic heterocycles. The molecule has 0 bridgehead atoms. The summed E-state index contributed by atoms with van der Waals surface area (Å²) in [5.41, 5.74) is 2.70. The van der Waals surface area contributed by atoms with Gasteiger partial charge in [-0.1, -0.05) is 6.07 Å². The SMILES string of the molecule is CCOc1cccc2c1cc1n2CCN(CC[C@H]2CC[C@H](NC(=O)N(C)C)CC2)C1. The Labute approximate surface area is 180 Å². The number of rotatable bonds is 6. The van der Waals surface area contributed by atoms with E-state index >= 15 is 0 Å². The maximum absolute atomic E-state index is 11.8. The van der Waals surface area contributed by atoms with E-state index in [1.165, 1.54) is 42.4 Å². The van der Waals surface area contributed by atoms with Crippen LogP contribution in [0.25, 0.3) is 10.9 Å². The third-order valence-electron chi connectivity index (χ3n) is 6.75. The molecule has 0 spiro atoms. The molecule has 0 radical (unpaired) electrons. The number of carbonyl (C=O) groups excluding carboxylic acids is 1. The van der Waals surface area contributed by atoms with Crippen molar-refractivity contribution in [2.75, 3.05) is 33.8 Å². The molecule has 1 N–H and O–H groups in total. The summed E-state index contributed by atoms with van der Waals surface area (Å²) in [7, 11) is 3.60. The molecule has 2 amide bonds. The second-order valence-electron chi connectivity index (χ2n) is 9.04. The summed E-state index contributed by atoms with van der Waals surface area (Å²) in [5.74, 6) is 1.79. The molecule has 6 heteroatoms. The summed E-state index contributed by atoms with van der Waals surface area (Å²) in [6.45, 7) is 7.10. The molecule has 1 aromatic heterocycles. The topological polar surface area (TPSA) is 49.7 Å². The van der Waals surface area contributed by atoms with Gasteiger partial charge in [0.05, 0.1) is 12.1 Å². The number of urea groups is 1. The number of nitrogens with zero attached hydrogens (tertiary/aromatic N) is 3. The fraction of sp³-hybridized carbons (Fsp3) is 0.625. The van der Waals surface area contributed by atoms with Crippen molar-refractivity contribution in [3.05, 3.63) is 30.0 Å². The molecule has 1 fully saturated rings. The number of hydrogen-bond acceptors (Lipinski definition) is 3. The molecule has 2 aliphatic rings. The Balaban J connectivity index is 1.29. The van der Waals surface area contributed by atoms with E-state index in [-0.39, 0.29) is 6.03 Å². The fourth-order valence-electron chi connectivity index (χ4n) is 4.99. The number of fused-ring (bicyclic) bond motifs is 3. The zero-order chi connectivity index (χ0) is 21.1. The van der Waals surface area contributed by atoms with Crippen LogP contribution in [0.3, 0.4) is 0 Å². The van der Waals surface area contributed by atoms with Crippen LogP contribution in [0.1, 0.15) is 44.7 Å². The number of ether oxygens (including phenoxy) is 1. The summed E-state index contributed by atoms with van der Waals surface area (Å²) >= 11 is 0. The molecule has 6 nitrogen and oxygen atoms in total. The lowest BCUT2D eigenvalue weighted by molar-refractivity contribution is 0.184. The highest BCUT2D eigenvalue weighted by atomic mass is 16.5. The maximum atomic E-state index is 11.8. The van der Waals surface area contributed by atoms with Gasteiger partial charge in [0.1, 0.15) is 5.75 Å². The van der Waals surface area contributed by atoms with Gasteiger partial charge in [-0.2, -0.15) is 0 Å². The average molecular weight is 413 g/mol. The lowest BCUT2D eigenvalue weighted by Crippen LogP contribution is -2.43. The molecule has 4 rings (SSSR count). The molecule has 1 saturated carbocycles. The minimum Gasteiger partial charge on any atom is -0.493 e. The third kappa shape index (κ3) is 4.59. The molecule has 2 aromatic rings. The molecule has 0 atom stereocenters. The van der Waals surface area contributed by atoms with Gasteiger partial charge in [-0.15, -0.1) is 0 Å². The molecule has 1 aromatic carbocycles. The summed E-state index contributed by atoms with van der Waals surface area (Å²) in [5, 5.41) is 4.39. The minimum absolute atomic E-state index is 0.0367. The van der Waals surface area contributed by atoms with Gasteiger partial charge in [0.15, 0.2) is 0 Å². The van der Waals surface area contributed by atoms with Gasteiger partial charge >= 0.3 is 6.03 Å². The number of carbonyl (C=O) groups is 1.